The highest BCUT2D eigenvalue weighted by atomic mass is 16.5. The van der Waals surface area contributed by atoms with Crippen molar-refractivity contribution < 1.29 is 9.53 Å². The highest BCUT2D eigenvalue weighted by Gasteiger charge is 2.28. The van der Waals surface area contributed by atoms with Gasteiger partial charge in [0.25, 0.3) is 5.91 Å². The number of ether oxygens (including phenoxy) is 1. The van der Waals surface area contributed by atoms with E-state index in [4.69, 9.17) is 4.74 Å². The van der Waals surface area contributed by atoms with Crippen LogP contribution in [0.4, 0.5) is 0 Å². The van der Waals surface area contributed by atoms with Crippen LogP contribution in [-0.2, 0) is 4.74 Å². The van der Waals surface area contributed by atoms with Gasteiger partial charge in [-0.2, -0.15) is 0 Å². The molecule has 0 N–H and O–H groups in total. The number of hydrogen-bond acceptors (Lipinski definition) is 5. The van der Waals surface area contributed by atoms with E-state index in [9.17, 15) is 4.79 Å². The van der Waals surface area contributed by atoms with Gasteiger partial charge in [-0.1, -0.05) is 0 Å². The van der Waals surface area contributed by atoms with Crippen molar-refractivity contribution in [1.29, 1.82) is 0 Å². The SMILES string of the molecule is O=C(c1cnc2c(c1)ncn2C1CCOCC1)N1CCC(n2ccnc2)C1. The second-order valence-electron chi connectivity index (χ2n) is 7.27. The lowest BCUT2D eigenvalue weighted by molar-refractivity contribution is 0.0704. The Kier molecular flexibility index (Phi) is 4.12. The fourth-order valence-electron chi connectivity index (χ4n) is 4.10. The van der Waals surface area contributed by atoms with Gasteiger partial charge in [-0.05, 0) is 25.3 Å². The number of fused-ring (bicyclic) bond motifs is 1. The first-order valence-corrected chi connectivity index (χ1v) is 9.46. The summed E-state index contributed by atoms with van der Waals surface area (Å²) in [7, 11) is 0. The van der Waals surface area contributed by atoms with Crippen molar-refractivity contribution >= 4 is 17.1 Å². The first-order chi connectivity index (χ1) is 13.3. The summed E-state index contributed by atoms with van der Waals surface area (Å²) >= 11 is 0. The number of nitrogens with zero attached hydrogens (tertiary/aromatic N) is 6. The van der Waals surface area contributed by atoms with Gasteiger partial charge in [0, 0.05) is 50.9 Å². The number of aromatic nitrogens is 5. The standard InChI is InChI=1S/C19H22N6O2/c26-19(23-5-1-16(11-23)24-6-4-20-12-24)14-9-17-18(21-10-14)25(13-22-17)15-2-7-27-8-3-15/h4,6,9-10,12-13,15-16H,1-3,5,7-8,11H2. The molecule has 0 bridgehead atoms. The van der Waals surface area contributed by atoms with Gasteiger partial charge in [-0.15, -0.1) is 0 Å². The van der Waals surface area contributed by atoms with Gasteiger partial charge >= 0.3 is 0 Å². The molecule has 0 aromatic carbocycles. The van der Waals surface area contributed by atoms with Gasteiger partial charge in [-0.25, -0.2) is 15.0 Å². The molecule has 0 aliphatic carbocycles. The molecule has 140 valence electrons. The molecule has 0 radical (unpaired) electrons. The summed E-state index contributed by atoms with van der Waals surface area (Å²) in [5.41, 5.74) is 2.22. The maximum atomic E-state index is 12.9. The van der Waals surface area contributed by atoms with E-state index in [1.165, 1.54) is 0 Å². The zero-order valence-electron chi connectivity index (χ0n) is 15.1. The van der Waals surface area contributed by atoms with E-state index in [1.807, 2.05) is 29.8 Å². The quantitative estimate of drug-likeness (QED) is 0.709. The van der Waals surface area contributed by atoms with Crippen molar-refractivity contribution in [3.63, 3.8) is 0 Å². The predicted octanol–water partition coefficient (Wildman–Crippen LogP) is 2.07. The Balaban J connectivity index is 1.35. The first kappa shape index (κ1) is 16.4. The third-order valence-electron chi connectivity index (χ3n) is 5.64. The number of imidazole rings is 2. The van der Waals surface area contributed by atoms with Gasteiger partial charge < -0.3 is 18.8 Å². The lowest BCUT2D eigenvalue weighted by Gasteiger charge is -2.23. The first-order valence-electron chi connectivity index (χ1n) is 9.46. The Labute approximate surface area is 156 Å². The number of likely N-dealkylation sites (tertiary alicyclic amines) is 1. The molecule has 0 spiro atoms. The van der Waals surface area contributed by atoms with Gasteiger partial charge in [0.05, 0.1) is 24.3 Å². The molecule has 2 fully saturated rings. The molecular formula is C19H22N6O2. The summed E-state index contributed by atoms with van der Waals surface area (Å²) in [5, 5.41) is 0. The van der Waals surface area contributed by atoms with E-state index < -0.39 is 0 Å². The minimum Gasteiger partial charge on any atom is -0.381 e. The van der Waals surface area contributed by atoms with Crippen LogP contribution in [0.15, 0.2) is 37.3 Å². The molecule has 3 aromatic heterocycles. The van der Waals surface area contributed by atoms with E-state index in [2.05, 4.69) is 24.1 Å². The Morgan fingerprint density at radius 3 is 2.81 bits per heavy atom. The molecule has 5 rings (SSSR count). The molecule has 0 saturated carbocycles. The zero-order chi connectivity index (χ0) is 18.2. The third-order valence-corrected chi connectivity index (χ3v) is 5.64. The van der Waals surface area contributed by atoms with Crippen molar-refractivity contribution in [1.82, 2.24) is 29.0 Å². The number of amides is 1. The largest absolute Gasteiger partial charge is 0.381 e. The smallest absolute Gasteiger partial charge is 0.255 e. The molecule has 1 unspecified atom stereocenters. The summed E-state index contributed by atoms with van der Waals surface area (Å²) in [6, 6.07) is 2.53. The van der Waals surface area contributed by atoms with E-state index in [0.717, 1.165) is 50.2 Å². The maximum Gasteiger partial charge on any atom is 0.255 e. The monoisotopic (exact) mass is 366 g/mol. The Morgan fingerprint density at radius 1 is 1.11 bits per heavy atom. The fourth-order valence-corrected chi connectivity index (χ4v) is 4.10. The Morgan fingerprint density at radius 2 is 2.00 bits per heavy atom. The summed E-state index contributed by atoms with van der Waals surface area (Å²) in [6.45, 7) is 2.99. The number of rotatable bonds is 3. The average Bonchev–Trinajstić information content (AvgIpc) is 3.47. The van der Waals surface area contributed by atoms with E-state index in [1.54, 1.807) is 12.4 Å². The molecule has 5 heterocycles. The minimum absolute atomic E-state index is 0.0210. The Bertz CT molecular complexity index is 944. The molecular weight excluding hydrogens is 344 g/mol. The van der Waals surface area contributed by atoms with Crippen LogP contribution < -0.4 is 0 Å². The zero-order valence-corrected chi connectivity index (χ0v) is 15.1. The summed E-state index contributed by atoms with van der Waals surface area (Å²) in [5.74, 6) is 0.0210. The molecule has 2 aliphatic rings. The Hall–Kier alpha value is -2.74. The van der Waals surface area contributed by atoms with Crippen LogP contribution in [0, 0.1) is 0 Å². The van der Waals surface area contributed by atoms with Crippen LogP contribution in [0.2, 0.25) is 0 Å². The van der Waals surface area contributed by atoms with E-state index in [0.29, 0.717) is 24.2 Å². The molecule has 1 amide bonds. The molecule has 3 aromatic rings. The molecule has 8 heteroatoms. The van der Waals surface area contributed by atoms with Crippen LogP contribution in [-0.4, -0.2) is 61.2 Å². The third kappa shape index (κ3) is 2.99. The van der Waals surface area contributed by atoms with Gasteiger partial charge in [0.1, 0.15) is 5.52 Å². The van der Waals surface area contributed by atoms with Crippen molar-refractivity contribution in [3.8, 4) is 0 Å². The van der Waals surface area contributed by atoms with Gasteiger partial charge in [-0.3, -0.25) is 4.79 Å². The molecule has 2 aliphatic heterocycles. The highest BCUT2D eigenvalue weighted by Crippen LogP contribution is 2.26. The van der Waals surface area contributed by atoms with Crippen LogP contribution in [0.3, 0.4) is 0 Å². The average molecular weight is 366 g/mol. The molecule has 1 atom stereocenters. The van der Waals surface area contributed by atoms with Crippen LogP contribution in [0.1, 0.15) is 41.7 Å². The topological polar surface area (TPSA) is 78.1 Å². The second kappa shape index (κ2) is 6.77. The summed E-state index contributed by atoms with van der Waals surface area (Å²) in [4.78, 5) is 28.0. The molecule has 2 saturated heterocycles. The number of carbonyl (C=O) groups excluding carboxylic acids is 1. The predicted molar refractivity (Wildman–Crippen MR) is 98.4 cm³/mol. The van der Waals surface area contributed by atoms with Crippen LogP contribution in [0.25, 0.3) is 11.2 Å². The molecule has 27 heavy (non-hydrogen) atoms. The lowest BCUT2D eigenvalue weighted by Crippen LogP contribution is -2.29. The second-order valence-corrected chi connectivity index (χ2v) is 7.27. The summed E-state index contributed by atoms with van der Waals surface area (Å²) in [6.07, 6.45) is 12.0. The van der Waals surface area contributed by atoms with Gasteiger partial charge in [0.2, 0.25) is 0 Å². The minimum atomic E-state index is 0.0210. The summed E-state index contributed by atoms with van der Waals surface area (Å²) < 4.78 is 9.64. The van der Waals surface area contributed by atoms with Crippen LogP contribution in [0.5, 0.6) is 0 Å². The van der Waals surface area contributed by atoms with Crippen molar-refractivity contribution in [2.75, 3.05) is 26.3 Å². The molecule has 8 nitrogen and oxygen atoms in total. The number of carbonyl (C=O) groups is 1. The van der Waals surface area contributed by atoms with Crippen molar-refractivity contribution in [2.24, 2.45) is 0 Å². The maximum absolute atomic E-state index is 12.9. The van der Waals surface area contributed by atoms with Crippen molar-refractivity contribution in [2.45, 2.75) is 31.3 Å². The van der Waals surface area contributed by atoms with Crippen molar-refractivity contribution in [3.05, 3.63) is 42.9 Å². The number of pyridine rings is 1. The van der Waals surface area contributed by atoms with E-state index in [-0.39, 0.29) is 5.91 Å². The van der Waals surface area contributed by atoms with Crippen LogP contribution >= 0.6 is 0 Å². The highest BCUT2D eigenvalue weighted by molar-refractivity contribution is 5.96. The number of hydrogen-bond donors (Lipinski definition) is 0. The fraction of sp³-hybridized carbons (Fsp3) is 0.474. The van der Waals surface area contributed by atoms with Gasteiger partial charge in [0.15, 0.2) is 5.65 Å². The lowest BCUT2D eigenvalue weighted by atomic mass is 10.1. The van der Waals surface area contributed by atoms with E-state index >= 15 is 0 Å². The normalized spacial score (nSPS) is 21.2.